The number of halogens is 1. The van der Waals surface area contributed by atoms with E-state index in [-0.39, 0.29) is 11.7 Å². The number of aliphatic carboxylic acids is 1. The van der Waals surface area contributed by atoms with Crippen molar-refractivity contribution >= 4 is 17.6 Å². The van der Waals surface area contributed by atoms with Gasteiger partial charge >= 0.3 is 5.97 Å². The van der Waals surface area contributed by atoms with E-state index in [9.17, 15) is 14.0 Å². The van der Waals surface area contributed by atoms with E-state index in [1.54, 1.807) is 25.1 Å². The van der Waals surface area contributed by atoms with Gasteiger partial charge in [-0.3, -0.25) is 4.79 Å². The molecule has 1 heterocycles. The van der Waals surface area contributed by atoms with E-state index in [2.05, 4.69) is 5.32 Å². The summed E-state index contributed by atoms with van der Waals surface area (Å²) in [6.45, 7) is 1.33. The highest BCUT2D eigenvalue weighted by atomic mass is 19.1. The standard InChI is InChI=1S/C18H16FNO5/c1-10-6-13(24-9-17(21)22)3-4-14(10)20-18(23)16-8-11-7-12(19)2-5-15(11)25-16/h2-7,16H,8-9H2,1H3,(H,20,23)(H,21,22). The Kier molecular flexibility index (Phi) is 4.56. The molecule has 0 radical (unpaired) electrons. The maximum absolute atomic E-state index is 13.2. The van der Waals surface area contributed by atoms with E-state index in [1.165, 1.54) is 18.2 Å². The molecular weight excluding hydrogens is 329 g/mol. The van der Waals surface area contributed by atoms with Crippen molar-refractivity contribution in [1.82, 2.24) is 0 Å². The summed E-state index contributed by atoms with van der Waals surface area (Å²) in [5.41, 5.74) is 1.95. The molecule has 1 aliphatic heterocycles. The van der Waals surface area contributed by atoms with Crippen molar-refractivity contribution < 1.29 is 28.6 Å². The average Bonchev–Trinajstić information content (AvgIpc) is 2.98. The summed E-state index contributed by atoms with van der Waals surface area (Å²) in [5, 5.41) is 11.4. The largest absolute Gasteiger partial charge is 0.482 e. The van der Waals surface area contributed by atoms with Crippen molar-refractivity contribution in [3.8, 4) is 11.5 Å². The highest BCUT2D eigenvalue weighted by molar-refractivity contribution is 5.95. The topological polar surface area (TPSA) is 84.9 Å². The third-order valence-electron chi connectivity index (χ3n) is 3.81. The Labute approximate surface area is 143 Å². The van der Waals surface area contributed by atoms with Crippen LogP contribution in [-0.4, -0.2) is 29.7 Å². The molecule has 0 saturated carbocycles. The molecule has 6 nitrogen and oxygen atoms in total. The third-order valence-corrected chi connectivity index (χ3v) is 3.81. The van der Waals surface area contributed by atoms with Crippen molar-refractivity contribution in [3.05, 3.63) is 53.3 Å². The van der Waals surface area contributed by atoms with Crippen molar-refractivity contribution in [2.24, 2.45) is 0 Å². The summed E-state index contributed by atoms with van der Waals surface area (Å²) in [4.78, 5) is 22.9. The number of carbonyl (C=O) groups is 2. The van der Waals surface area contributed by atoms with Crippen LogP contribution in [0.4, 0.5) is 10.1 Å². The van der Waals surface area contributed by atoms with Gasteiger partial charge < -0.3 is 19.9 Å². The maximum atomic E-state index is 13.2. The summed E-state index contributed by atoms with van der Waals surface area (Å²) >= 11 is 0. The lowest BCUT2D eigenvalue weighted by atomic mass is 10.1. The fourth-order valence-electron chi connectivity index (χ4n) is 2.59. The van der Waals surface area contributed by atoms with Crippen LogP contribution in [0, 0.1) is 12.7 Å². The van der Waals surface area contributed by atoms with Crippen LogP contribution < -0.4 is 14.8 Å². The lowest BCUT2D eigenvalue weighted by Crippen LogP contribution is -2.31. The van der Waals surface area contributed by atoms with E-state index in [1.807, 2.05) is 0 Å². The van der Waals surface area contributed by atoms with Crippen molar-refractivity contribution in [2.45, 2.75) is 19.4 Å². The molecule has 7 heteroatoms. The minimum atomic E-state index is -1.07. The zero-order chi connectivity index (χ0) is 18.0. The quantitative estimate of drug-likeness (QED) is 0.870. The number of amides is 1. The monoisotopic (exact) mass is 345 g/mol. The predicted octanol–water partition coefficient (Wildman–Crippen LogP) is 2.54. The maximum Gasteiger partial charge on any atom is 0.341 e. The highest BCUT2D eigenvalue weighted by Gasteiger charge is 2.29. The number of aryl methyl sites for hydroxylation is 1. The zero-order valence-corrected chi connectivity index (χ0v) is 13.4. The summed E-state index contributed by atoms with van der Waals surface area (Å²) in [5.74, 6) is -0.854. The number of ether oxygens (including phenoxy) is 2. The number of hydrogen-bond donors (Lipinski definition) is 2. The fourth-order valence-corrected chi connectivity index (χ4v) is 2.59. The zero-order valence-electron chi connectivity index (χ0n) is 13.4. The van der Waals surface area contributed by atoms with Gasteiger partial charge in [0.25, 0.3) is 5.91 Å². The van der Waals surface area contributed by atoms with E-state index in [4.69, 9.17) is 14.6 Å². The van der Waals surface area contributed by atoms with Crippen LogP contribution in [0.2, 0.25) is 0 Å². The Bertz CT molecular complexity index is 836. The van der Waals surface area contributed by atoms with Crippen LogP contribution in [0.1, 0.15) is 11.1 Å². The second kappa shape index (κ2) is 6.80. The fraction of sp³-hybridized carbons (Fsp3) is 0.222. The molecule has 1 atom stereocenters. The number of carboxylic acid groups (broad SMARTS) is 1. The number of rotatable bonds is 5. The van der Waals surface area contributed by atoms with Gasteiger partial charge in [0.05, 0.1) is 0 Å². The van der Waals surface area contributed by atoms with Gasteiger partial charge in [-0.2, -0.15) is 0 Å². The first-order valence-electron chi connectivity index (χ1n) is 7.63. The van der Waals surface area contributed by atoms with Gasteiger partial charge in [-0.15, -0.1) is 0 Å². The molecule has 2 N–H and O–H groups in total. The van der Waals surface area contributed by atoms with Gasteiger partial charge in [0.2, 0.25) is 0 Å². The van der Waals surface area contributed by atoms with Crippen LogP contribution in [0.5, 0.6) is 11.5 Å². The van der Waals surface area contributed by atoms with Gasteiger partial charge in [-0.05, 0) is 48.9 Å². The first-order chi connectivity index (χ1) is 11.9. The first-order valence-corrected chi connectivity index (χ1v) is 7.63. The van der Waals surface area contributed by atoms with E-state index < -0.39 is 18.7 Å². The average molecular weight is 345 g/mol. The number of hydrogen-bond acceptors (Lipinski definition) is 4. The molecule has 1 amide bonds. The minimum Gasteiger partial charge on any atom is -0.482 e. The number of nitrogens with one attached hydrogen (secondary N) is 1. The van der Waals surface area contributed by atoms with E-state index >= 15 is 0 Å². The van der Waals surface area contributed by atoms with E-state index in [0.29, 0.717) is 29.2 Å². The molecule has 0 spiro atoms. The Hall–Kier alpha value is -3.09. The summed E-state index contributed by atoms with van der Waals surface area (Å²) in [6, 6.07) is 9.01. The van der Waals surface area contributed by atoms with E-state index in [0.717, 1.165) is 5.56 Å². The minimum absolute atomic E-state index is 0.303. The molecular formula is C18H16FNO5. The van der Waals surface area contributed by atoms with Crippen LogP contribution in [0.15, 0.2) is 36.4 Å². The molecule has 2 aromatic rings. The van der Waals surface area contributed by atoms with Crippen LogP contribution >= 0.6 is 0 Å². The normalized spacial score (nSPS) is 15.2. The first kappa shape index (κ1) is 16.8. The van der Waals surface area contributed by atoms with Gasteiger partial charge in [0.1, 0.15) is 17.3 Å². The van der Waals surface area contributed by atoms with Crippen molar-refractivity contribution in [1.29, 1.82) is 0 Å². The Morgan fingerprint density at radius 2 is 2.12 bits per heavy atom. The Morgan fingerprint density at radius 3 is 2.84 bits per heavy atom. The number of anilines is 1. The lowest BCUT2D eigenvalue weighted by molar-refractivity contribution is -0.139. The highest BCUT2D eigenvalue weighted by Crippen LogP contribution is 2.30. The van der Waals surface area contributed by atoms with Crippen molar-refractivity contribution in [2.75, 3.05) is 11.9 Å². The molecule has 0 fully saturated rings. The molecule has 0 aliphatic carbocycles. The van der Waals surface area contributed by atoms with Crippen LogP contribution in [-0.2, 0) is 16.0 Å². The Balaban J connectivity index is 1.65. The number of carbonyl (C=O) groups excluding carboxylic acids is 1. The molecule has 130 valence electrons. The third kappa shape index (κ3) is 3.88. The Morgan fingerprint density at radius 1 is 1.32 bits per heavy atom. The second-order valence-corrected chi connectivity index (χ2v) is 5.71. The molecule has 0 saturated heterocycles. The van der Waals surface area contributed by atoms with Gasteiger partial charge in [0, 0.05) is 17.7 Å². The van der Waals surface area contributed by atoms with Gasteiger partial charge in [0.15, 0.2) is 12.7 Å². The molecule has 0 aromatic heterocycles. The second-order valence-electron chi connectivity index (χ2n) is 5.71. The van der Waals surface area contributed by atoms with Crippen LogP contribution in [0.25, 0.3) is 0 Å². The lowest BCUT2D eigenvalue weighted by Gasteiger charge is -2.14. The molecule has 2 aromatic carbocycles. The molecule has 1 unspecified atom stereocenters. The molecule has 25 heavy (non-hydrogen) atoms. The molecule has 3 rings (SSSR count). The number of benzene rings is 2. The predicted molar refractivity (Wildman–Crippen MR) is 87.5 cm³/mol. The SMILES string of the molecule is Cc1cc(OCC(=O)O)ccc1NC(=O)C1Cc2cc(F)ccc2O1. The number of fused-ring (bicyclic) bond motifs is 1. The molecule has 1 aliphatic rings. The van der Waals surface area contributed by atoms with Crippen molar-refractivity contribution in [3.63, 3.8) is 0 Å². The molecule has 0 bridgehead atoms. The number of carboxylic acids is 1. The summed E-state index contributed by atoms with van der Waals surface area (Å²) in [6.07, 6.45) is -0.420. The summed E-state index contributed by atoms with van der Waals surface area (Å²) < 4.78 is 23.9. The summed E-state index contributed by atoms with van der Waals surface area (Å²) in [7, 11) is 0. The smallest absolute Gasteiger partial charge is 0.341 e. The van der Waals surface area contributed by atoms with Crippen LogP contribution in [0.3, 0.4) is 0 Å². The van der Waals surface area contributed by atoms with Gasteiger partial charge in [-0.1, -0.05) is 0 Å². The van der Waals surface area contributed by atoms with Gasteiger partial charge in [-0.25, -0.2) is 9.18 Å².